The summed E-state index contributed by atoms with van der Waals surface area (Å²) in [6.45, 7) is 2.16. The monoisotopic (exact) mass is 222 g/mol. The van der Waals surface area contributed by atoms with Gasteiger partial charge >= 0.3 is 0 Å². The van der Waals surface area contributed by atoms with Crippen LogP contribution in [0.1, 0.15) is 12.8 Å². The van der Waals surface area contributed by atoms with Crippen LogP contribution in [0.2, 0.25) is 0 Å². The van der Waals surface area contributed by atoms with Crippen LogP contribution in [0, 0.1) is 5.92 Å². The van der Waals surface area contributed by atoms with E-state index in [2.05, 4.69) is 20.2 Å². The van der Waals surface area contributed by atoms with Gasteiger partial charge in [0.15, 0.2) is 0 Å². The van der Waals surface area contributed by atoms with Crippen molar-refractivity contribution in [3.63, 3.8) is 0 Å². The predicted octanol–water partition coefficient (Wildman–Crippen LogP) is 0.727. The van der Waals surface area contributed by atoms with Gasteiger partial charge in [0.1, 0.15) is 5.82 Å². The van der Waals surface area contributed by atoms with Gasteiger partial charge < -0.3 is 15.3 Å². The maximum Gasteiger partial charge on any atom is 0.224 e. The summed E-state index contributed by atoms with van der Waals surface area (Å²) in [5, 5.41) is 12.1. The van der Waals surface area contributed by atoms with Crippen LogP contribution in [0.4, 0.5) is 11.8 Å². The molecule has 0 saturated carbocycles. The average molecular weight is 222 g/mol. The fourth-order valence-corrected chi connectivity index (χ4v) is 2.07. The molecule has 1 saturated heterocycles. The molecule has 2 rings (SSSR count). The van der Waals surface area contributed by atoms with E-state index in [0.717, 1.165) is 31.7 Å². The zero-order valence-electron chi connectivity index (χ0n) is 9.56. The van der Waals surface area contributed by atoms with Gasteiger partial charge in [0.05, 0.1) is 0 Å². The summed E-state index contributed by atoms with van der Waals surface area (Å²) in [5.74, 6) is 1.96. The maximum atomic E-state index is 9.18. The van der Waals surface area contributed by atoms with E-state index in [-0.39, 0.29) is 6.61 Å². The summed E-state index contributed by atoms with van der Waals surface area (Å²) in [6.07, 6.45) is 3.98. The van der Waals surface area contributed by atoms with E-state index in [9.17, 15) is 5.11 Å². The number of aliphatic hydroxyl groups is 1. The minimum atomic E-state index is 0.264. The van der Waals surface area contributed by atoms with Crippen LogP contribution in [-0.2, 0) is 0 Å². The van der Waals surface area contributed by atoms with Crippen molar-refractivity contribution in [1.29, 1.82) is 0 Å². The third-order valence-electron chi connectivity index (χ3n) is 2.97. The molecule has 0 aromatic carbocycles. The highest BCUT2D eigenvalue weighted by molar-refractivity contribution is 5.42. The second-order valence-corrected chi connectivity index (χ2v) is 4.13. The molecule has 0 aliphatic carbocycles. The molecule has 1 unspecified atom stereocenters. The van der Waals surface area contributed by atoms with Gasteiger partial charge in [-0.05, 0) is 24.8 Å². The van der Waals surface area contributed by atoms with E-state index >= 15 is 0 Å². The van der Waals surface area contributed by atoms with Gasteiger partial charge in [-0.15, -0.1) is 0 Å². The van der Waals surface area contributed by atoms with Crippen molar-refractivity contribution in [2.75, 3.05) is 37.0 Å². The molecule has 2 N–H and O–H groups in total. The largest absolute Gasteiger partial charge is 0.396 e. The molecule has 16 heavy (non-hydrogen) atoms. The van der Waals surface area contributed by atoms with Crippen molar-refractivity contribution in [2.24, 2.45) is 5.92 Å². The lowest BCUT2D eigenvalue weighted by Crippen LogP contribution is -2.37. The summed E-state index contributed by atoms with van der Waals surface area (Å²) in [7, 11) is 1.81. The summed E-state index contributed by atoms with van der Waals surface area (Å²) in [4.78, 5) is 10.7. The van der Waals surface area contributed by atoms with Gasteiger partial charge in [-0.25, -0.2) is 4.98 Å². The first-order valence-electron chi connectivity index (χ1n) is 5.70. The molecule has 0 amide bonds. The molecule has 2 heterocycles. The molecule has 1 aliphatic heterocycles. The van der Waals surface area contributed by atoms with E-state index in [4.69, 9.17) is 0 Å². The van der Waals surface area contributed by atoms with Gasteiger partial charge in [0.2, 0.25) is 5.95 Å². The van der Waals surface area contributed by atoms with Crippen LogP contribution in [0.15, 0.2) is 12.3 Å². The predicted molar refractivity (Wildman–Crippen MR) is 63.6 cm³/mol. The minimum Gasteiger partial charge on any atom is -0.396 e. The third-order valence-corrected chi connectivity index (χ3v) is 2.97. The van der Waals surface area contributed by atoms with Crippen molar-refractivity contribution >= 4 is 11.8 Å². The summed E-state index contributed by atoms with van der Waals surface area (Å²) in [5.41, 5.74) is 0. The Morgan fingerprint density at radius 2 is 2.50 bits per heavy atom. The van der Waals surface area contributed by atoms with Crippen molar-refractivity contribution in [3.8, 4) is 0 Å². The van der Waals surface area contributed by atoms with Crippen molar-refractivity contribution in [3.05, 3.63) is 12.3 Å². The highest BCUT2D eigenvalue weighted by atomic mass is 16.3. The number of hydrogen-bond donors (Lipinski definition) is 2. The molecule has 1 fully saturated rings. The third kappa shape index (κ3) is 2.41. The highest BCUT2D eigenvalue weighted by Crippen LogP contribution is 2.21. The lowest BCUT2D eigenvalue weighted by Gasteiger charge is -2.32. The quantitative estimate of drug-likeness (QED) is 0.789. The highest BCUT2D eigenvalue weighted by Gasteiger charge is 2.20. The van der Waals surface area contributed by atoms with Crippen molar-refractivity contribution < 1.29 is 5.11 Å². The molecule has 88 valence electrons. The Bertz CT molecular complexity index is 345. The van der Waals surface area contributed by atoms with Crippen LogP contribution in [0.5, 0.6) is 0 Å². The summed E-state index contributed by atoms with van der Waals surface area (Å²) >= 11 is 0. The van der Waals surface area contributed by atoms with E-state index < -0.39 is 0 Å². The first-order valence-corrected chi connectivity index (χ1v) is 5.70. The van der Waals surface area contributed by atoms with Crippen LogP contribution in [0.3, 0.4) is 0 Å². The molecule has 1 atom stereocenters. The number of piperidine rings is 1. The van der Waals surface area contributed by atoms with Crippen LogP contribution < -0.4 is 10.2 Å². The maximum absolute atomic E-state index is 9.18. The molecule has 1 aromatic heterocycles. The van der Waals surface area contributed by atoms with E-state index in [0.29, 0.717) is 11.9 Å². The van der Waals surface area contributed by atoms with Gasteiger partial charge in [-0.3, -0.25) is 0 Å². The second kappa shape index (κ2) is 5.12. The number of aromatic nitrogens is 2. The first-order chi connectivity index (χ1) is 7.83. The van der Waals surface area contributed by atoms with Gasteiger partial charge in [-0.2, -0.15) is 4.98 Å². The first kappa shape index (κ1) is 11.1. The normalized spacial score (nSPS) is 20.9. The lowest BCUT2D eigenvalue weighted by atomic mass is 9.99. The van der Waals surface area contributed by atoms with E-state index in [1.807, 2.05) is 13.1 Å². The zero-order valence-corrected chi connectivity index (χ0v) is 9.56. The Balaban J connectivity index is 2.10. The number of hydrogen-bond acceptors (Lipinski definition) is 5. The molecular formula is C11H18N4O. The van der Waals surface area contributed by atoms with E-state index in [1.54, 1.807) is 6.20 Å². The number of anilines is 2. The zero-order chi connectivity index (χ0) is 11.4. The Kier molecular flexibility index (Phi) is 3.56. The Labute approximate surface area is 95.5 Å². The van der Waals surface area contributed by atoms with Gasteiger partial charge in [0.25, 0.3) is 0 Å². The van der Waals surface area contributed by atoms with Crippen LogP contribution in [-0.4, -0.2) is 41.8 Å². The summed E-state index contributed by atoms with van der Waals surface area (Å²) < 4.78 is 0. The number of nitrogens with one attached hydrogen (secondary N) is 1. The fraction of sp³-hybridized carbons (Fsp3) is 0.636. The van der Waals surface area contributed by atoms with Crippen molar-refractivity contribution in [1.82, 2.24) is 9.97 Å². The average Bonchev–Trinajstić information content (AvgIpc) is 2.39. The molecular weight excluding hydrogens is 204 g/mol. The molecule has 0 bridgehead atoms. The molecule has 5 nitrogen and oxygen atoms in total. The number of rotatable bonds is 3. The molecule has 1 aliphatic rings. The summed E-state index contributed by atoms with van der Waals surface area (Å²) in [6, 6.07) is 1.92. The molecule has 1 aromatic rings. The Morgan fingerprint density at radius 1 is 1.62 bits per heavy atom. The molecule has 0 radical (unpaired) electrons. The van der Waals surface area contributed by atoms with Gasteiger partial charge in [-0.1, -0.05) is 0 Å². The van der Waals surface area contributed by atoms with Crippen molar-refractivity contribution in [2.45, 2.75) is 12.8 Å². The molecule has 0 spiro atoms. The molecule has 5 heteroatoms. The van der Waals surface area contributed by atoms with E-state index in [1.165, 1.54) is 0 Å². The minimum absolute atomic E-state index is 0.264. The number of aliphatic hydroxyl groups excluding tert-OH is 1. The SMILES string of the molecule is CNc1nccc(N2CCCC(CO)C2)n1. The van der Waals surface area contributed by atoms with Crippen LogP contribution >= 0.6 is 0 Å². The smallest absolute Gasteiger partial charge is 0.224 e. The fourth-order valence-electron chi connectivity index (χ4n) is 2.07. The van der Waals surface area contributed by atoms with Gasteiger partial charge in [0, 0.05) is 32.9 Å². The number of nitrogens with zero attached hydrogens (tertiary/aromatic N) is 3. The topological polar surface area (TPSA) is 61.3 Å². The Morgan fingerprint density at radius 3 is 3.25 bits per heavy atom. The standard InChI is InChI=1S/C11H18N4O/c1-12-11-13-5-4-10(14-11)15-6-2-3-9(7-15)8-16/h4-5,9,16H,2-3,6-8H2,1H3,(H,12,13,14). The Hall–Kier alpha value is -1.36. The van der Waals surface area contributed by atoms with Crippen LogP contribution in [0.25, 0.3) is 0 Å². The lowest BCUT2D eigenvalue weighted by molar-refractivity contribution is 0.208. The second-order valence-electron chi connectivity index (χ2n) is 4.13.